The highest BCUT2D eigenvalue weighted by Gasteiger charge is 2.51. The van der Waals surface area contributed by atoms with E-state index < -0.39 is 0 Å². The Labute approximate surface area is 159 Å². The van der Waals surface area contributed by atoms with E-state index in [1.54, 1.807) is 0 Å². The number of nitrogens with zero attached hydrogens (tertiary/aromatic N) is 5. The summed E-state index contributed by atoms with van der Waals surface area (Å²) in [6, 6.07) is 0. The third kappa shape index (κ3) is 3.50. The molecular formula is C19H27N5O3. The molecule has 27 heavy (non-hydrogen) atoms. The lowest BCUT2D eigenvalue weighted by Gasteiger charge is -2.21. The Hall–Kier alpha value is -2.22. The molecule has 0 radical (unpaired) electrons. The van der Waals surface area contributed by atoms with Crippen LogP contribution in [-0.2, 0) is 27.5 Å². The Bertz CT molecular complexity index is 721. The number of carbonyl (C=O) groups is 3. The molecule has 3 aliphatic heterocycles. The van der Waals surface area contributed by atoms with Crippen LogP contribution in [0.1, 0.15) is 31.7 Å². The maximum Gasteiger partial charge on any atom is 0.234 e. The van der Waals surface area contributed by atoms with Crippen molar-refractivity contribution in [3.8, 4) is 0 Å². The molecule has 2 unspecified atom stereocenters. The average Bonchev–Trinajstić information content (AvgIpc) is 3.41. The van der Waals surface area contributed by atoms with Gasteiger partial charge in [0.2, 0.25) is 17.7 Å². The molecule has 1 aromatic rings. The summed E-state index contributed by atoms with van der Waals surface area (Å²) in [7, 11) is 0. The van der Waals surface area contributed by atoms with Crippen LogP contribution in [0.25, 0.3) is 0 Å². The molecule has 0 aliphatic carbocycles. The summed E-state index contributed by atoms with van der Waals surface area (Å²) in [5.41, 5.74) is 1.11. The van der Waals surface area contributed by atoms with Crippen LogP contribution >= 0.6 is 0 Å². The molecule has 0 N–H and O–H groups in total. The molecule has 3 amide bonds. The molecule has 0 spiro atoms. The average molecular weight is 373 g/mol. The molecule has 146 valence electrons. The van der Waals surface area contributed by atoms with Crippen molar-refractivity contribution in [1.82, 2.24) is 24.5 Å². The highest BCUT2D eigenvalue weighted by atomic mass is 16.2. The van der Waals surface area contributed by atoms with Gasteiger partial charge in [-0.1, -0.05) is 0 Å². The van der Waals surface area contributed by atoms with Gasteiger partial charge in [-0.25, -0.2) is 0 Å². The van der Waals surface area contributed by atoms with Crippen LogP contribution in [0.4, 0.5) is 0 Å². The number of imide groups is 1. The molecule has 4 rings (SSSR count). The van der Waals surface area contributed by atoms with Crippen molar-refractivity contribution in [3.05, 3.63) is 18.0 Å². The first-order valence-electron chi connectivity index (χ1n) is 9.93. The molecule has 4 heterocycles. The lowest BCUT2D eigenvalue weighted by Crippen LogP contribution is -2.38. The number of rotatable bonds is 7. The maximum atomic E-state index is 12.7. The Balaban J connectivity index is 1.29. The standard InChI is InChI=1S/C19H27N5O3/c1-2-23-11-14(9-20-23)10-21-12-15-16(13-21)19(27)24(18(15)26)8-4-7-22-6-3-5-17(22)25/h9,11,15-16H,2-8,10,12-13H2,1H3. The van der Waals surface area contributed by atoms with E-state index in [1.165, 1.54) is 4.90 Å². The maximum absolute atomic E-state index is 12.7. The van der Waals surface area contributed by atoms with Crippen molar-refractivity contribution in [3.63, 3.8) is 0 Å². The minimum Gasteiger partial charge on any atom is -0.343 e. The fraction of sp³-hybridized carbons (Fsp3) is 0.684. The number of amides is 3. The number of hydrogen-bond donors (Lipinski definition) is 0. The molecule has 3 aliphatic rings. The van der Waals surface area contributed by atoms with Gasteiger partial charge in [0.05, 0.1) is 18.0 Å². The molecule has 0 saturated carbocycles. The van der Waals surface area contributed by atoms with Crippen LogP contribution in [0.5, 0.6) is 0 Å². The zero-order chi connectivity index (χ0) is 19.0. The van der Waals surface area contributed by atoms with Gasteiger partial charge in [-0.3, -0.25) is 28.9 Å². The fourth-order valence-electron chi connectivity index (χ4n) is 4.52. The van der Waals surface area contributed by atoms with E-state index in [0.717, 1.165) is 31.6 Å². The molecular weight excluding hydrogens is 346 g/mol. The monoisotopic (exact) mass is 373 g/mol. The summed E-state index contributed by atoms with van der Waals surface area (Å²) in [5.74, 6) is -0.318. The van der Waals surface area contributed by atoms with E-state index in [4.69, 9.17) is 0 Å². The van der Waals surface area contributed by atoms with Gasteiger partial charge in [0, 0.05) is 64.0 Å². The molecule has 1 aromatic heterocycles. The smallest absolute Gasteiger partial charge is 0.234 e. The van der Waals surface area contributed by atoms with E-state index in [9.17, 15) is 14.4 Å². The number of fused-ring (bicyclic) bond motifs is 1. The van der Waals surface area contributed by atoms with Gasteiger partial charge >= 0.3 is 0 Å². The zero-order valence-electron chi connectivity index (χ0n) is 15.8. The first-order chi connectivity index (χ1) is 13.1. The first-order valence-corrected chi connectivity index (χ1v) is 9.93. The van der Waals surface area contributed by atoms with Crippen LogP contribution in [0.3, 0.4) is 0 Å². The van der Waals surface area contributed by atoms with E-state index in [2.05, 4.69) is 10.00 Å². The highest BCUT2D eigenvalue weighted by Crippen LogP contribution is 2.34. The summed E-state index contributed by atoms with van der Waals surface area (Å²) < 4.78 is 1.88. The minimum absolute atomic E-state index is 0.0375. The van der Waals surface area contributed by atoms with Crippen LogP contribution in [-0.4, -0.2) is 74.9 Å². The second-order valence-electron chi connectivity index (χ2n) is 7.78. The van der Waals surface area contributed by atoms with Gasteiger partial charge in [-0.2, -0.15) is 5.10 Å². The zero-order valence-corrected chi connectivity index (χ0v) is 15.8. The van der Waals surface area contributed by atoms with E-state index in [1.807, 2.05) is 28.9 Å². The summed E-state index contributed by atoms with van der Waals surface area (Å²) in [6.07, 6.45) is 6.08. The molecule has 8 nitrogen and oxygen atoms in total. The van der Waals surface area contributed by atoms with Crippen LogP contribution in [0.2, 0.25) is 0 Å². The third-order valence-electron chi connectivity index (χ3n) is 5.96. The Morgan fingerprint density at radius 2 is 1.85 bits per heavy atom. The van der Waals surface area contributed by atoms with Crippen molar-refractivity contribution < 1.29 is 14.4 Å². The predicted octanol–water partition coefficient (Wildman–Crippen LogP) is 0.332. The van der Waals surface area contributed by atoms with Gasteiger partial charge in [-0.15, -0.1) is 0 Å². The second kappa shape index (κ2) is 7.42. The summed E-state index contributed by atoms with van der Waals surface area (Å²) in [4.78, 5) is 42.6. The summed E-state index contributed by atoms with van der Waals surface area (Å²) in [5, 5.41) is 4.28. The Morgan fingerprint density at radius 3 is 2.44 bits per heavy atom. The van der Waals surface area contributed by atoms with Gasteiger partial charge in [0.25, 0.3) is 0 Å². The van der Waals surface area contributed by atoms with Crippen LogP contribution in [0.15, 0.2) is 12.4 Å². The van der Waals surface area contributed by atoms with Gasteiger partial charge < -0.3 is 4.90 Å². The molecule has 3 saturated heterocycles. The fourth-order valence-corrected chi connectivity index (χ4v) is 4.52. The minimum atomic E-state index is -0.216. The van der Waals surface area contributed by atoms with E-state index in [0.29, 0.717) is 39.0 Å². The van der Waals surface area contributed by atoms with Crippen molar-refractivity contribution in [2.45, 2.75) is 39.3 Å². The molecule has 2 atom stereocenters. The van der Waals surface area contributed by atoms with Crippen molar-refractivity contribution in [2.75, 3.05) is 32.7 Å². The largest absolute Gasteiger partial charge is 0.343 e. The van der Waals surface area contributed by atoms with E-state index in [-0.39, 0.29) is 29.6 Å². The number of aromatic nitrogens is 2. The number of likely N-dealkylation sites (tertiary alicyclic amines) is 3. The number of hydrogen-bond acceptors (Lipinski definition) is 5. The van der Waals surface area contributed by atoms with Gasteiger partial charge in [0.1, 0.15) is 0 Å². The van der Waals surface area contributed by atoms with Gasteiger partial charge in [0.15, 0.2) is 0 Å². The number of carbonyl (C=O) groups excluding carboxylic acids is 3. The van der Waals surface area contributed by atoms with Crippen LogP contribution in [0, 0.1) is 11.8 Å². The molecule has 0 bridgehead atoms. The molecule has 8 heteroatoms. The first kappa shape index (κ1) is 18.2. The van der Waals surface area contributed by atoms with Crippen LogP contribution < -0.4 is 0 Å². The predicted molar refractivity (Wildman–Crippen MR) is 97.3 cm³/mol. The lowest BCUT2D eigenvalue weighted by molar-refractivity contribution is -0.140. The SMILES string of the molecule is CCn1cc(CN2CC3C(=O)N(CCCN4CCCC4=O)C(=O)C3C2)cn1. The quantitative estimate of drug-likeness (QED) is 0.644. The number of aryl methyl sites for hydroxylation is 1. The highest BCUT2D eigenvalue weighted by molar-refractivity contribution is 6.05. The molecule has 0 aromatic carbocycles. The Morgan fingerprint density at radius 1 is 1.11 bits per heavy atom. The van der Waals surface area contributed by atoms with E-state index >= 15 is 0 Å². The van der Waals surface area contributed by atoms with Gasteiger partial charge in [-0.05, 0) is 19.8 Å². The van der Waals surface area contributed by atoms with Crippen molar-refractivity contribution in [2.24, 2.45) is 11.8 Å². The summed E-state index contributed by atoms with van der Waals surface area (Å²) >= 11 is 0. The van der Waals surface area contributed by atoms with Crippen molar-refractivity contribution in [1.29, 1.82) is 0 Å². The second-order valence-corrected chi connectivity index (χ2v) is 7.78. The third-order valence-corrected chi connectivity index (χ3v) is 5.96. The Kier molecular flexibility index (Phi) is 4.99. The molecule has 3 fully saturated rings. The van der Waals surface area contributed by atoms with Crippen molar-refractivity contribution >= 4 is 17.7 Å². The topological polar surface area (TPSA) is 78.8 Å². The summed E-state index contributed by atoms with van der Waals surface area (Å²) in [6.45, 7) is 6.74. The lowest BCUT2D eigenvalue weighted by atomic mass is 10.00. The normalized spacial score (nSPS) is 25.9.